The number of morpholine rings is 1. The van der Waals surface area contributed by atoms with E-state index in [9.17, 15) is 14.4 Å². The Labute approximate surface area is 238 Å². The summed E-state index contributed by atoms with van der Waals surface area (Å²) in [6, 6.07) is 4.05. The van der Waals surface area contributed by atoms with Gasteiger partial charge in [0.05, 0.1) is 31.2 Å². The van der Waals surface area contributed by atoms with E-state index in [1.54, 1.807) is 23.1 Å². The third-order valence-corrected chi connectivity index (χ3v) is 9.20. The highest BCUT2D eigenvalue weighted by atomic mass is 35.5. The molecule has 0 unspecified atom stereocenters. The van der Waals surface area contributed by atoms with E-state index in [1.807, 2.05) is 12.2 Å². The normalized spacial score (nSPS) is 32.5. The first-order chi connectivity index (χ1) is 18.9. The maximum absolute atomic E-state index is 14.1. The smallest absolute Gasteiger partial charge is 0.246 e. The molecule has 39 heavy (non-hydrogen) atoms. The van der Waals surface area contributed by atoms with Gasteiger partial charge in [0.15, 0.2) is 0 Å². The minimum absolute atomic E-state index is 0.0900. The lowest BCUT2D eigenvalue weighted by atomic mass is 9.74. The summed E-state index contributed by atoms with van der Waals surface area (Å²) < 4.78 is 11.9. The summed E-state index contributed by atoms with van der Waals surface area (Å²) in [4.78, 5) is 45.5. The average Bonchev–Trinajstić information content (AvgIpc) is 3.55. The molecule has 11 heteroatoms. The first-order valence-corrected chi connectivity index (χ1v) is 14.7. The summed E-state index contributed by atoms with van der Waals surface area (Å²) in [5.41, 5.74) is -0.737. The first-order valence-electron chi connectivity index (χ1n) is 13.9. The van der Waals surface area contributed by atoms with Crippen molar-refractivity contribution in [2.45, 2.75) is 55.9 Å². The predicted octanol–water partition coefficient (Wildman–Crippen LogP) is 2.86. The van der Waals surface area contributed by atoms with Crippen LogP contribution in [0.2, 0.25) is 10.0 Å². The number of benzene rings is 1. The molecule has 4 aliphatic heterocycles. The summed E-state index contributed by atoms with van der Waals surface area (Å²) in [6.07, 6.45) is 8.28. The van der Waals surface area contributed by atoms with Crippen LogP contribution in [0, 0.1) is 11.8 Å². The van der Waals surface area contributed by atoms with Crippen molar-refractivity contribution >= 4 is 46.6 Å². The molecule has 210 valence electrons. The van der Waals surface area contributed by atoms with Crippen LogP contribution in [0.4, 0.5) is 5.69 Å². The maximum atomic E-state index is 14.1. The van der Waals surface area contributed by atoms with Gasteiger partial charge in [-0.05, 0) is 31.0 Å². The minimum atomic E-state index is -1.18. The van der Waals surface area contributed by atoms with E-state index in [2.05, 4.69) is 15.5 Å². The van der Waals surface area contributed by atoms with E-state index < -0.39 is 29.6 Å². The molecule has 6 rings (SSSR count). The molecule has 1 aliphatic carbocycles. The number of hydrogen-bond donors (Lipinski definition) is 2. The number of amides is 3. The molecular formula is C28H34Cl2N4O5. The molecule has 0 radical (unpaired) electrons. The molecule has 5 aliphatic rings. The zero-order valence-electron chi connectivity index (χ0n) is 21.7. The number of carbonyl (C=O) groups excluding carboxylic acids is 3. The fraction of sp³-hybridized carbons (Fsp3) is 0.607. The summed E-state index contributed by atoms with van der Waals surface area (Å²) in [7, 11) is 0. The Balaban J connectivity index is 1.27. The Morgan fingerprint density at radius 3 is 2.44 bits per heavy atom. The van der Waals surface area contributed by atoms with Crippen LogP contribution in [0.15, 0.2) is 30.4 Å². The number of ether oxygens (including phenoxy) is 2. The van der Waals surface area contributed by atoms with Gasteiger partial charge < -0.3 is 25.0 Å². The second-order valence-electron chi connectivity index (χ2n) is 11.2. The van der Waals surface area contributed by atoms with Gasteiger partial charge in [-0.2, -0.15) is 0 Å². The van der Waals surface area contributed by atoms with E-state index in [0.717, 1.165) is 38.8 Å². The first kappa shape index (κ1) is 27.0. The third kappa shape index (κ3) is 5.08. The van der Waals surface area contributed by atoms with Gasteiger partial charge in [-0.1, -0.05) is 54.6 Å². The fourth-order valence-corrected chi connectivity index (χ4v) is 7.49. The van der Waals surface area contributed by atoms with Crippen LogP contribution in [0.3, 0.4) is 0 Å². The second kappa shape index (κ2) is 11.0. The van der Waals surface area contributed by atoms with E-state index in [0.29, 0.717) is 42.0 Å². The van der Waals surface area contributed by atoms with Crippen molar-refractivity contribution in [2.24, 2.45) is 11.8 Å². The summed E-state index contributed by atoms with van der Waals surface area (Å²) in [6.45, 7) is 3.85. The number of likely N-dealkylation sites (tertiary alicyclic amines) is 1. The Morgan fingerprint density at radius 2 is 1.72 bits per heavy atom. The SMILES string of the molecule is O=C(Nc1cc(Cl)cc(Cl)c1)[C@@H]1[C@H]2C=C[C@]3(O2)[C@H](C(=O)NC2CCCCC2)N(CCN2CCOCC2)C(=O)[C@@H]13. The molecule has 4 fully saturated rings. The van der Waals surface area contributed by atoms with E-state index in [1.165, 1.54) is 6.42 Å². The number of fused-ring (bicyclic) bond motifs is 1. The Hall–Kier alpha value is -2.17. The van der Waals surface area contributed by atoms with Gasteiger partial charge in [-0.25, -0.2) is 0 Å². The van der Waals surface area contributed by atoms with Crippen LogP contribution in [-0.4, -0.2) is 90.7 Å². The lowest BCUT2D eigenvalue weighted by Crippen LogP contribution is -2.57. The molecule has 2 N–H and O–H groups in total. The molecule has 1 aromatic rings. The highest BCUT2D eigenvalue weighted by molar-refractivity contribution is 6.35. The zero-order valence-corrected chi connectivity index (χ0v) is 23.3. The molecule has 4 heterocycles. The van der Waals surface area contributed by atoms with Crippen molar-refractivity contribution in [3.8, 4) is 0 Å². The predicted molar refractivity (Wildman–Crippen MR) is 147 cm³/mol. The van der Waals surface area contributed by atoms with Gasteiger partial charge >= 0.3 is 0 Å². The van der Waals surface area contributed by atoms with Gasteiger partial charge in [0.25, 0.3) is 0 Å². The number of nitrogens with one attached hydrogen (secondary N) is 2. The van der Waals surface area contributed by atoms with Crippen LogP contribution in [0.5, 0.6) is 0 Å². The molecule has 0 aromatic heterocycles. The van der Waals surface area contributed by atoms with Crippen molar-refractivity contribution in [1.82, 2.24) is 15.1 Å². The van der Waals surface area contributed by atoms with Crippen LogP contribution < -0.4 is 10.6 Å². The van der Waals surface area contributed by atoms with Crippen LogP contribution >= 0.6 is 23.2 Å². The van der Waals surface area contributed by atoms with E-state index in [-0.39, 0.29) is 23.8 Å². The van der Waals surface area contributed by atoms with E-state index >= 15 is 0 Å². The third-order valence-electron chi connectivity index (χ3n) is 8.77. The number of rotatable bonds is 7. The van der Waals surface area contributed by atoms with Crippen LogP contribution in [-0.2, 0) is 23.9 Å². The monoisotopic (exact) mass is 576 g/mol. The average molecular weight is 578 g/mol. The largest absolute Gasteiger partial charge is 0.379 e. The Morgan fingerprint density at radius 1 is 1.00 bits per heavy atom. The quantitative estimate of drug-likeness (QED) is 0.484. The molecule has 2 bridgehead atoms. The molecule has 1 aromatic carbocycles. The molecular weight excluding hydrogens is 543 g/mol. The van der Waals surface area contributed by atoms with Gasteiger partial charge in [0.2, 0.25) is 17.7 Å². The standard InChI is InChI=1S/C28H34Cl2N4O5/c29-17-14-18(30)16-20(15-17)32-25(35)22-21-6-7-28(39-21)23(22)27(37)34(9-8-33-10-12-38-13-11-33)24(28)26(36)31-19-4-2-1-3-5-19/h6-7,14-16,19,21-24H,1-5,8-13H2,(H,31,36)(H,32,35)/t21-,22-,23-,24+,28-/m1/s1. The Kier molecular flexibility index (Phi) is 7.63. The van der Waals surface area contributed by atoms with Crippen molar-refractivity contribution in [3.05, 3.63) is 40.4 Å². The number of nitrogens with zero attached hydrogens (tertiary/aromatic N) is 2. The van der Waals surface area contributed by atoms with Gasteiger partial charge in [0, 0.05) is 48.0 Å². The van der Waals surface area contributed by atoms with Crippen molar-refractivity contribution in [1.29, 1.82) is 0 Å². The summed E-state index contributed by atoms with van der Waals surface area (Å²) in [5, 5.41) is 6.88. The summed E-state index contributed by atoms with van der Waals surface area (Å²) in [5.74, 6) is -2.35. The highest BCUT2D eigenvalue weighted by Gasteiger charge is 2.72. The number of halogens is 2. The number of anilines is 1. The van der Waals surface area contributed by atoms with Gasteiger partial charge in [-0.3, -0.25) is 19.3 Å². The van der Waals surface area contributed by atoms with Crippen LogP contribution in [0.25, 0.3) is 0 Å². The molecule has 9 nitrogen and oxygen atoms in total. The molecule has 5 atom stereocenters. The summed E-state index contributed by atoms with van der Waals surface area (Å²) >= 11 is 12.3. The number of carbonyl (C=O) groups is 3. The van der Waals surface area contributed by atoms with E-state index in [4.69, 9.17) is 32.7 Å². The number of hydrogen-bond acceptors (Lipinski definition) is 6. The zero-order chi connectivity index (χ0) is 27.1. The van der Waals surface area contributed by atoms with Crippen LogP contribution in [0.1, 0.15) is 32.1 Å². The molecule has 3 saturated heterocycles. The minimum Gasteiger partial charge on any atom is -0.379 e. The lowest BCUT2D eigenvalue weighted by molar-refractivity contribution is -0.141. The highest BCUT2D eigenvalue weighted by Crippen LogP contribution is 2.55. The Bertz CT molecular complexity index is 1150. The van der Waals surface area contributed by atoms with Gasteiger partial charge in [0.1, 0.15) is 11.6 Å². The molecule has 1 saturated carbocycles. The fourth-order valence-electron chi connectivity index (χ4n) is 6.96. The maximum Gasteiger partial charge on any atom is 0.246 e. The topological polar surface area (TPSA) is 100 Å². The molecule has 3 amide bonds. The molecule has 1 spiro atoms. The van der Waals surface area contributed by atoms with Crippen molar-refractivity contribution in [2.75, 3.05) is 44.7 Å². The lowest BCUT2D eigenvalue weighted by Gasteiger charge is -2.35. The van der Waals surface area contributed by atoms with Crippen molar-refractivity contribution in [3.63, 3.8) is 0 Å². The van der Waals surface area contributed by atoms with Crippen molar-refractivity contribution < 1.29 is 23.9 Å². The second-order valence-corrected chi connectivity index (χ2v) is 12.1. The van der Waals surface area contributed by atoms with Gasteiger partial charge in [-0.15, -0.1) is 0 Å².